The monoisotopic (exact) mass is 1700 g/mol. The first-order valence-electron chi connectivity index (χ1n) is 49.8. The van der Waals surface area contributed by atoms with Gasteiger partial charge >= 0.3 is 0 Å². The topological polar surface area (TPSA) is 0 Å². The van der Waals surface area contributed by atoms with Crippen molar-refractivity contribution in [2.24, 2.45) is 0 Å². The second-order valence-electron chi connectivity index (χ2n) is 53.3. The Labute approximate surface area is 773 Å². The first-order chi connectivity index (χ1) is 61.8. The van der Waals surface area contributed by atoms with E-state index in [4.69, 9.17) is 0 Å². The van der Waals surface area contributed by atoms with E-state index in [1.165, 1.54) is 348 Å². The van der Waals surface area contributed by atoms with E-state index < -0.39 is 0 Å². The normalized spacial score (nSPS) is 16.3. The van der Waals surface area contributed by atoms with Gasteiger partial charge in [0.1, 0.15) is 0 Å². The SMILES string of the molecule is CC(C)(C)c1cc2c3cc(C(C)(C)C)cc4c5cc(C(C)(C)C)cc6c7cc8c(c9c%10cc(C(C)(C)C)cc%11c%12cc(C(C)(C)C)cc%13c(c1)c2c1c(c34)c(c56)c(c79)c(c%11%10)c1c%13%12)[C@H]1c2ccccc2[C@@H]8c2c1cc1c3cc(C(C)(C)C)cc4c5cc(C(C)(C)C)cc6c7cc(C(C)(C)C)cc8c9cc(C(C)(C)C)cc%10c%11cc(C(C)(C)C)cc%12c2c1c1c(c43)c(c65)c(c78)c(c9%10)c1c%11%12. The maximum Gasteiger partial charge on any atom is 0.0356 e. The van der Waals surface area contributed by atoms with Gasteiger partial charge in [0.05, 0.1) is 0 Å². The van der Waals surface area contributed by atoms with Crippen molar-refractivity contribution >= 4 is 259 Å². The second kappa shape index (κ2) is 22.5. The summed E-state index contributed by atoms with van der Waals surface area (Å²) in [5.41, 5.74) is 21.1. The van der Waals surface area contributed by atoms with Crippen molar-refractivity contribution < 1.29 is 0 Å². The number of hydrogen-bond acceptors (Lipinski definition) is 0. The lowest BCUT2D eigenvalue weighted by molar-refractivity contribution is 0.591. The predicted molar refractivity (Wildman–Crippen MR) is 583 cm³/mol. The minimum absolute atomic E-state index is 0.128. The van der Waals surface area contributed by atoms with Crippen molar-refractivity contribution in [3.05, 3.63) is 247 Å². The van der Waals surface area contributed by atoms with Crippen LogP contribution in [0.1, 0.15) is 309 Å². The molecule has 0 heterocycles. The lowest BCUT2D eigenvalue weighted by atomic mass is 9.57. The molecule has 3 aliphatic carbocycles. The molecule has 0 nitrogen and oxygen atoms in total. The number of benzene rings is 27. The predicted octanol–water partition coefficient (Wildman–Crippen LogP) is 38.6. The first kappa shape index (κ1) is 77.9. The molecule has 27 aromatic rings. The molecule has 0 saturated heterocycles. The molecule has 30 rings (SSSR count). The molecule has 0 radical (unpaired) electrons. The van der Waals surface area contributed by atoms with Gasteiger partial charge in [0.15, 0.2) is 0 Å². The number of rotatable bonds is 0. The molecule has 27 aromatic carbocycles. The Bertz CT molecular complexity index is 9270. The fraction of sp³-hybridized carbons (Fsp3) is 0.318. The Morgan fingerprint density at radius 1 is 0.121 bits per heavy atom. The van der Waals surface area contributed by atoms with Crippen LogP contribution < -0.4 is 0 Å². The Morgan fingerprint density at radius 3 is 0.386 bits per heavy atom. The summed E-state index contributed by atoms with van der Waals surface area (Å²) in [7, 11) is 0. The average Bonchev–Trinajstić information content (AvgIpc) is 0.635. The van der Waals surface area contributed by atoms with Crippen LogP contribution in [0.2, 0.25) is 0 Å². The van der Waals surface area contributed by atoms with Crippen LogP contribution in [-0.2, 0) is 54.1 Å². The highest BCUT2D eigenvalue weighted by atomic mass is 14.5. The summed E-state index contributed by atoms with van der Waals surface area (Å²) in [6, 6.07) is 70.1. The van der Waals surface area contributed by atoms with E-state index >= 15 is 0 Å². The zero-order valence-corrected chi connectivity index (χ0v) is 83.2. The molecule has 132 heavy (non-hydrogen) atoms. The summed E-state index contributed by atoms with van der Waals surface area (Å²) in [4.78, 5) is 0. The van der Waals surface area contributed by atoms with Crippen LogP contribution in [0.3, 0.4) is 0 Å². The van der Waals surface area contributed by atoms with Crippen LogP contribution in [0.25, 0.3) is 259 Å². The van der Waals surface area contributed by atoms with Crippen molar-refractivity contribution in [2.75, 3.05) is 0 Å². The standard InChI is InChI=1S/C132H118/c1-123(2,3)57-35-69-73-39-59(125(7,8)9)41-77-79-45-63(129(19,20)21)49-85-87-55-91-94-68-34-32-31-33-67(68)93(107(91)109-89-53-65(131(25,26)27)51-83-81-47-61(127(13,14)15)43-75-71(37-57)95(69)111-113(97(73)77)117(101(79)85)121(105(87)109)119(103(83)89)115(111)99(75)81)92-56-88-86-50-64(130(22,23)24)46-80-78-42-60(126(10,11)12)40-74-70-36-58(124(4,5)6)38-72-76-44-62(128(16,17)18)48-82-84-52-66(132(28,29)30)54-90-104(84)120-116(100(76)82)112(96(70)72)114(98(74)78)118(102(80)86)122(120)106(88)110(90)108(92)94/h31-56,93-94H,1-30H3/t93-,94-/m0/s1. The first-order valence-corrected chi connectivity index (χ1v) is 49.8. The van der Waals surface area contributed by atoms with Crippen LogP contribution >= 0.6 is 0 Å². The molecule has 0 spiro atoms. The third-order valence-electron chi connectivity index (χ3n) is 35.1. The maximum absolute atomic E-state index is 2.92. The zero-order chi connectivity index (χ0) is 91.5. The third kappa shape index (κ3) is 8.91. The van der Waals surface area contributed by atoms with Crippen molar-refractivity contribution in [1.29, 1.82) is 0 Å². The highest BCUT2D eigenvalue weighted by Gasteiger charge is 2.49. The Balaban J connectivity index is 0.903. The highest BCUT2D eigenvalue weighted by Crippen LogP contribution is 2.71. The molecule has 0 N–H and O–H groups in total. The molecule has 0 heteroatoms. The summed E-state index contributed by atoms with van der Waals surface area (Å²) in [6.45, 7) is 74.2. The molecule has 3 aliphatic rings. The van der Waals surface area contributed by atoms with E-state index in [9.17, 15) is 0 Å². The quantitative estimate of drug-likeness (QED) is 0.105. The lowest BCUT2D eigenvalue weighted by Crippen LogP contribution is -2.28. The third-order valence-corrected chi connectivity index (χ3v) is 35.1. The van der Waals surface area contributed by atoms with Gasteiger partial charge < -0.3 is 0 Å². The van der Waals surface area contributed by atoms with Gasteiger partial charge in [0.25, 0.3) is 0 Å². The molecule has 2 bridgehead atoms. The van der Waals surface area contributed by atoms with E-state index in [1.807, 2.05) is 0 Å². The van der Waals surface area contributed by atoms with Crippen LogP contribution in [0, 0.1) is 0 Å². The van der Waals surface area contributed by atoms with Gasteiger partial charge in [-0.2, -0.15) is 0 Å². The van der Waals surface area contributed by atoms with Crippen molar-refractivity contribution in [2.45, 2.75) is 274 Å². The van der Waals surface area contributed by atoms with Gasteiger partial charge in [-0.05, 0) is 535 Å². The molecular formula is C132H118. The van der Waals surface area contributed by atoms with Gasteiger partial charge in [0, 0.05) is 11.8 Å². The lowest BCUT2D eigenvalue weighted by Gasteiger charge is -2.45. The minimum Gasteiger partial charge on any atom is -0.0619 e. The largest absolute Gasteiger partial charge is 0.0619 e. The second-order valence-corrected chi connectivity index (χ2v) is 53.3. The molecule has 0 fully saturated rings. The summed E-state index contributed by atoms with van der Waals surface area (Å²) < 4.78 is 0. The molecule has 646 valence electrons. The molecule has 0 aromatic heterocycles. The van der Waals surface area contributed by atoms with Gasteiger partial charge in [-0.1, -0.05) is 232 Å². The van der Waals surface area contributed by atoms with Crippen LogP contribution in [0.15, 0.2) is 158 Å². The molecule has 2 atom stereocenters. The van der Waals surface area contributed by atoms with E-state index in [1.54, 1.807) is 0 Å². The van der Waals surface area contributed by atoms with Gasteiger partial charge in [-0.15, -0.1) is 0 Å². The summed E-state index contributed by atoms with van der Waals surface area (Å²) in [5, 5.41) is 68.7. The Morgan fingerprint density at radius 2 is 0.242 bits per heavy atom. The average molecular weight is 1700 g/mol. The highest BCUT2D eigenvalue weighted by molar-refractivity contribution is 6.64. The molecular weight excluding hydrogens is 1590 g/mol. The van der Waals surface area contributed by atoms with Crippen molar-refractivity contribution in [1.82, 2.24) is 0 Å². The summed E-state index contributed by atoms with van der Waals surface area (Å²) >= 11 is 0. The van der Waals surface area contributed by atoms with Crippen LogP contribution in [0.4, 0.5) is 0 Å². The van der Waals surface area contributed by atoms with E-state index in [0.717, 1.165) is 0 Å². The molecule has 0 saturated carbocycles. The minimum atomic E-state index is -0.217. The number of fused-ring (bicyclic) bond motifs is 12. The molecule has 0 aliphatic heterocycles. The number of hydrogen-bond donors (Lipinski definition) is 0. The van der Waals surface area contributed by atoms with Gasteiger partial charge in [-0.25, -0.2) is 0 Å². The van der Waals surface area contributed by atoms with E-state index in [0.29, 0.717) is 0 Å². The molecule has 0 amide bonds. The zero-order valence-electron chi connectivity index (χ0n) is 83.2. The fourth-order valence-electron chi connectivity index (χ4n) is 28.2. The maximum atomic E-state index is 2.92. The summed E-state index contributed by atoms with van der Waals surface area (Å²) in [6.07, 6.45) is 0. The van der Waals surface area contributed by atoms with Crippen molar-refractivity contribution in [3.8, 4) is 0 Å². The van der Waals surface area contributed by atoms with Gasteiger partial charge in [-0.3, -0.25) is 0 Å². The van der Waals surface area contributed by atoms with Gasteiger partial charge in [0.2, 0.25) is 0 Å². The van der Waals surface area contributed by atoms with Crippen LogP contribution in [0.5, 0.6) is 0 Å². The van der Waals surface area contributed by atoms with Crippen molar-refractivity contribution in [3.63, 3.8) is 0 Å². The Hall–Kier alpha value is -11.7. The fourth-order valence-corrected chi connectivity index (χ4v) is 28.2. The summed E-state index contributed by atoms with van der Waals surface area (Å²) in [5.74, 6) is -0.301. The van der Waals surface area contributed by atoms with Crippen LogP contribution in [-0.4, -0.2) is 0 Å². The Kier molecular flexibility index (Phi) is 13.3. The molecule has 0 unspecified atom stereocenters. The van der Waals surface area contributed by atoms with E-state index in [-0.39, 0.29) is 66.0 Å². The smallest absolute Gasteiger partial charge is 0.0356 e. The van der Waals surface area contributed by atoms with E-state index in [2.05, 4.69) is 365 Å².